The molecule has 0 aromatic rings. The first-order valence-corrected chi connectivity index (χ1v) is 6.87. The number of amides is 2. The number of carbonyl (C=O) groups is 2. The zero-order valence-corrected chi connectivity index (χ0v) is 11.8. The molecule has 0 spiro atoms. The first-order chi connectivity index (χ1) is 8.99. The summed E-state index contributed by atoms with van der Waals surface area (Å²) in [4.78, 5) is 24.1. The lowest BCUT2D eigenvalue weighted by Crippen LogP contribution is -2.47. The van der Waals surface area contributed by atoms with Crippen LogP contribution in [-0.2, 0) is 4.79 Å². The van der Waals surface area contributed by atoms with Crippen molar-refractivity contribution < 1.29 is 14.7 Å². The van der Waals surface area contributed by atoms with Crippen molar-refractivity contribution in [1.82, 2.24) is 10.2 Å². The number of nitrogens with zero attached hydrogens (tertiary/aromatic N) is 1. The third-order valence-electron chi connectivity index (χ3n) is 4.02. The van der Waals surface area contributed by atoms with Crippen molar-refractivity contribution in [2.45, 2.75) is 39.2 Å². The van der Waals surface area contributed by atoms with E-state index < -0.39 is 5.97 Å². The second kappa shape index (κ2) is 7.16. The molecule has 19 heavy (non-hydrogen) atoms. The number of nitrogens with one attached hydrogen (secondary N) is 1. The van der Waals surface area contributed by atoms with Gasteiger partial charge >= 0.3 is 12.0 Å². The van der Waals surface area contributed by atoms with Crippen molar-refractivity contribution in [2.24, 2.45) is 11.8 Å². The van der Waals surface area contributed by atoms with Crippen molar-refractivity contribution in [3.63, 3.8) is 0 Å². The van der Waals surface area contributed by atoms with Crippen LogP contribution in [0.1, 0.15) is 33.1 Å². The molecule has 0 aromatic carbocycles. The van der Waals surface area contributed by atoms with Crippen molar-refractivity contribution in [3.05, 3.63) is 12.7 Å². The predicted octanol–water partition coefficient (Wildman–Crippen LogP) is 2.09. The van der Waals surface area contributed by atoms with E-state index in [9.17, 15) is 9.59 Å². The molecular formula is C14H24N2O3. The molecular weight excluding hydrogens is 244 g/mol. The minimum absolute atomic E-state index is 0.151. The Hall–Kier alpha value is -1.52. The fourth-order valence-corrected chi connectivity index (χ4v) is 2.82. The van der Waals surface area contributed by atoms with Gasteiger partial charge in [0.25, 0.3) is 0 Å². The van der Waals surface area contributed by atoms with Crippen molar-refractivity contribution in [1.29, 1.82) is 0 Å². The molecule has 5 heteroatoms. The van der Waals surface area contributed by atoms with Crippen LogP contribution in [-0.4, -0.2) is 41.1 Å². The molecule has 1 saturated carbocycles. The van der Waals surface area contributed by atoms with Crippen molar-refractivity contribution >= 4 is 12.0 Å². The molecule has 2 N–H and O–H groups in total. The van der Waals surface area contributed by atoms with Crippen LogP contribution in [0.5, 0.6) is 0 Å². The zero-order valence-electron chi connectivity index (χ0n) is 11.8. The van der Waals surface area contributed by atoms with Gasteiger partial charge in [0, 0.05) is 12.6 Å². The Morgan fingerprint density at radius 3 is 2.63 bits per heavy atom. The lowest BCUT2D eigenvalue weighted by Gasteiger charge is -2.25. The van der Waals surface area contributed by atoms with Crippen LogP contribution < -0.4 is 5.32 Å². The van der Waals surface area contributed by atoms with Gasteiger partial charge in [-0.2, -0.15) is 0 Å². The molecule has 1 aliphatic carbocycles. The Labute approximate surface area is 114 Å². The molecule has 0 saturated heterocycles. The first kappa shape index (κ1) is 15.5. The van der Waals surface area contributed by atoms with Gasteiger partial charge in [-0.15, -0.1) is 6.58 Å². The summed E-state index contributed by atoms with van der Waals surface area (Å²) < 4.78 is 0. The van der Waals surface area contributed by atoms with E-state index in [1.165, 1.54) is 11.0 Å². The lowest BCUT2D eigenvalue weighted by molar-refractivity contribution is -0.137. The molecule has 3 unspecified atom stereocenters. The molecule has 2 amide bonds. The smallest absolute Gasteiger partial charge is 0.323 e. The number of urea groups is 1. The quantitative estimate of drug-likeness (QED) is 0.725. The maximum absolute atomic E-state index is 12.1. The Morgan fingerprint density at radius 1 is 1.47 bits per heavy atom. The Kier molecular flexibility index (Phi) is 5.86. The second-order valence-electron chi connectivity index (χ2n) is 5.22. The highest BCUT2D eigenvalue weighted by Gasteiger charge is 2.33. The highest BCUT2D eigenvalue weighted by molar-refractivity contribution is 5.80. The number of carboxylic acids is 1. The average Bonchev–Trinajstić information content (AvgIpc) is 2.69. The summed E-state index contributed by atoms with van der Waals surface area (Å²) in [5.41, 5.74) is 0. The van der Waals surface area contributed by atoms with Gasteiger partial charge in [-0.3, -0.25) is 4.79 Å². The van der Waals surface area contributed by atoms with Crippen molar-refractivity contribution in [3.8, 4) is 0 Å². The summed E-state index contributed by atoms with van der Waals surface area (Å²) in [6.45, 7) is 7.82. The maximum Gasteiger partial charge on any atom is 0.323 e. The highest BCUT2D eigenvalue weighted by atomic mass is 16.4. The van der Waals surface area contributed by atoms with E-state index in [0.29, 0.717) is 11.8 Å². The minimum atomic E-state index is -1.01. The van der Waals surface area contributed by atoms with Gasteiger partial charge in [-0.1, -0.05) is 26.3 Å². The summed E-state index contributed by atoms with van der Waals surface area (Å²) in [5, 5.41) is 11.8. The molecule has 108 valence electrons. The van der Waals surface area contributed by atoms with Crippen LogP contribution in [0.4, 0.5) is 4.79 Å². The van der Waals surface area contributed by atoms with E-state index in [2.05, 4.69) is 25.7 Å². The number of aliphatic carboxylic acids is 1. The standard InChI is InChI=1S/C14H24N2O3/c1-4-8-16(9-13(17)18)14(19)15-12-7-6-11(5-2)10(12)3/h4,10-12H,1,5-9H2,2-3H3,(H,15,19)(H,17,18). The van der Waals surface area contributed by atoms with E-state index in [1.807, 2.05) is 0 Å². The average molecular weight is 268 g/mol. The lowest BCUT2D eigenvalue weighted by atomic mass is 9.93. The number of carboxylic acid groups (broad SMARTS) is 1. The fourth-order valence-electron chi connectivity index (χ4n) is 2.82. The predicted molar refractivity (Wildman–Crippen MR) is 73.9 cm³/mol. The molecule has 0 heterocycles. The first-order valence-electron chi connectivity index (χ1n) is 6.87. The normalized spacial score (nSPS) is 25.9. The summed E-state index contributed by atoms with van der Waals surface area (Å²) in [6, 6.07) is -0.158. The third kappa shape index (κ3) is 4.26. The Balaban J connectivity index is 2.56. The van der Waals surface area contributed by atoms with E-state index in [0.717, 1.165) is 19.3 Å². The molecule has 0 bridgehead atoms. The fraction of sp³-hybridized carbons (Fsp3) is 0.714. The van der Waals surface area contributed by atoms with Gasteiger partial charge < -0.3 is 15.3 Å². The Bertz CT molecular complexity index is 344. The molecule has 1 aliphatic rings. The van der Waals surface area contributed by atoms with E-state index >= 15 is 0 Å². The SMILES string of the molecule is C=CCN(CC(=O)O)C(=O)NC1CCC(CC)C1C. The van der Waals surface area contributed by atoms with Gasteiger partial charge in [0.05, 0.1) is 0 Å². The largest absolute Gasteiger partial charge is 0.480 e. The molecule has 0 aromatic heterocycles. The summed E-state index contributed by atoms with van der Waals surface area (Å²) in [6.07, 6.45) is 4.76. The van der Waals surface area contributed by atoms with Gasteiger partial charge in [-0.05, 0) is 24.7 Å². The summed E-state index contributed by atoms with van der Waals surface area (Å²) in [5.74, 6) is 0.0879. The summed E-state index contributed by atoms with van der Waals surface area (Å²) in [7, 11) is 0. The van der Waals surface area contributed by atoms with Gasteiger partial charge in [-0.25, -0.2) is 4.79 Å². The monoisotopic (exact) mass is 268 g/mol. The highest BCUT2D eigenvalue weighted by Crippen LogP contribution is 2.33. The summed E-state index contributed by atoms with van der Waals surface area (Å²) >= 11 is 0. The second-order valence-corrected chi connectivity index (χ2v) is 5.22. The van der Waals surface area contributed by atoms with Crippen LogP contribution in [0.3, 0.4) is 0 Å². The molecule has 0 aliphatic heterocycles. The topological polar surface area (TPSA) is 69.6 Å². The van der Waals surface area contributed by atoms with Crippen LogP contribution >= 0.6 is 0 Å². The number of carbonyl (C=O) groups excluding carboxylic acids is 1. The van der Waals surface area contributed by atoms with E-state index in [4.69, 9.17) is 5.11 Å². The van der Waals surface area contributed by atoms with Gasteiger partial charge in [0.15, 0.2) is 0 Å². The third-order valence-corrected chi connectivity index (χ3v) is 4.02. The maximum atomic E-state index is 12.1. The van der Waals surface area contributed by atoms with Gasteiger partial charge in [0.1, 0.15) is 6.54 Å². The molecule has 3 atom stereocenters. The Morgan fingerprint density at radius 2 is 2.16 bits per heavy atom. The number of rotatable bonds is 6. The van der Waals surface area contributed by atoms with Crippen LogP contribution in [0.15, 0.2) is 12.7 Å². The molecule has 5 nitrogen and oxygen atoms in total. The molecule has 0 radical (unpaired) electrons. The van der Waals surface area contributed by atoms with Gasteiger partial charge in [0.2, 0.25) is 0 Å². The van der Waals surface area contributed by atoms with E-state index in [-0.39, 0.29) is 25.2 Å². The van der Waals surface area contributed by atoms with Crippen LogP contribution in [0.2, 0.25) is 0 Å². The molecule has 1 rings (SSSR count). The minimum Gasteiger partial charge on any atom is -0.480 e. The number of hydrogen-bond donors (Lipinski definition) is 2. The van der Waals surface area contributed by atoms with E-state index in [1.54, 1.807) is 0 Å². The molecule has 1 fully saturated rings. The van der Waals surface area contributed by atoms with Crippen LogP contribution in [0.25, 0.3) is 0 Å². The zero-order chi connectivity index (χ0) is 14.4. The number of hydrogen-bond acceptors (Lipinski definition) is 2. The van der Waals surface area contributed by atoms with Crippen molar-refractivity contribution in [2.75, 3.05) is 13.1 Å². The van der Waals surface area contributed by atoms with Crippen LogP contribution in [0, 0.1) is 11.8 Å².